The van der Waals surface area contributed by atoms with E-state index in [2.05, 4.69) is 5.32 Å². The van der Waals surface area contributed by atoms with Crippen LogP contribution in [0.3, 0.4) is 0 Å². The fourth-order valence-corrected chi connectivity index (χ4v) is 4.76. The van der Waals surface area contributed by atoms with Gasteiger partial charge in [0.1, 0.15) is 6.61 Å². The quantitative estimate of drug-likeness (QED) is 0.355. The topological polar surface area (TPSA) is 155 Å². The highest BCUT2D eigenvalue weighted by molar-refractivity contribution is 5.91. The van der Waals surface area contributed by atoms with Crippen molar-refractivity contribution in [2.24, 2.45) is 5.73 Å². The normalized spacial score (nSPS) is 19.4. The van der Waals surface area contributed by atoms with E-state index in [1.54, 1.807) is 16.7 Å². The third-order valence-corrected chi connectivity index (χ3v) is 6.57. The number of ether oxygens (including phenoxy) is 3. The highest BCUT2D eigenvalue weighted by Crippen LogP contribution is 2.42. The standard InChI is InChI=1S/C23H20N4O7/c1-23(31)14-3-16-20-12(7-27(16)21(29)13(14)8-32-22(23)30)11(6-25-19(28)5-24)10-2-17-18(34-9-33-17)4-15(10)26-20/h2-4,31H,5-9,24H2,1H3,(H,25,28)/t23-/m0/s1. The molecular formula is C23H20N4O7. The number of aromatic nitrogens is 2. The lowest BCUT2D eigenvalue weighted by Crippen LogP contribution is -2.42. The van der Waals surface area contributed by atoms with Crippen molar-refractivity contribution >= 4 is 22.8 Å². The van der Waals surface area contributed by atoms with E-state index in [1.165, 1.54) is 6.92 Å². The molecular weight excluding hydrogens is 444 g/mol. The number of nitrogens with two attached hydrogens (primary N) is 1. The Morgan fingerprint density at radius 2 is 1.97 bits per heavy atom. The van der Waals surface area contributed by atoms with Crippen molar-refractivity contribution in [1.29, 1.82) is 0 Å². The highest BCUT2D eigenvalue weighted by Gasteiger charge is 2.43. The fourth-order valence-electron chi connectivity index (χ4n) is 4.76. The Kier molecular flexibility index (Phi) is 4.26. The van der Waals surface area contributed by atoms with Crippen molar-refractivity contribution in [2.45, 2.75) is 32.2 Å². The van der Waals surface area contributed by atoms with E-state index in [9.17, 15) is 19.5 Å². The smallest absolute Gasteiger partial charge is 0.342 e. The summed E-state index contributed by atoms with van der Waals surface area (Å²) in [5.74, 6) is -0.0276. The molecule has 0 bridgehead atoms. The van der Waals surface area contributed by atoms with Crippen molar-refractivity contribution in [3.63, 3.8) is 0 Å². The Morgan fingerprint density at radius 1 is 1.21 bits per heavy atom. The first kappa shape index (κ1) is 20.6. The first-order valence-corrected chi connectivity index (χ1v) is 10.7. The number of aliphatic hydroxyl groups is 1. The van der Waals surface area contributed by atoms with Crippen LogP contribution < -0.4 is 26.1 Å². The predicted octanol–water partition coefficient (Wildman–Crippen LogP) is -0.00690. The van der Waals surface area contributed by atoms with Crippen LogP contribution in [0, 0.1) is 0 Å². The zero-order chi connectivity index (χ0) is 23.8. The van der Waals surface area contributed by atoms with E-state index < -0.39 is 11.6 Å². The molecule has 0 radical (unpaired) electrons. The second kappa shape index (κ2) is 7.02. The number of nitrogens with zero attached hydrogens (tertiary/aromatic N) is 2. The van der Waals surface area contributed by atoms with Crippen molar-refractivity contribution in [3.05, 3.63) is 50.8 Å². The molecule has 0 unspecified atom stereocenters. The highest BCUT2D eigenvalue weighted by atomic mass is 16.7. The van der Waals surface area contributed by atoms with E-state index in [1.807, 2.05) is 6.07 Å². The average molecular weight is 464 g/mol. The number of rotatable bonds is 3. The molecule has 174 valence electrons. The summed E-state index contributed by atoms with van der Waals surface area (Å²) < 4.78 is 17.6. The van der Waals surface area contributed by atoms with Gasteiger partial charge in [-0.3, -0.25) is 9.59 Å². The van der Waals surface area contributed by atoms with Crippen molar-refractivity contribution in [3.8, 4) is 22.9 Å². The molecule has 0 saturated carbocycles. The molecule has 5 heterocycles. The summed E-state index contributed by atoms with van der Waals surface area (Å²) in [4.78, 5) is 42.3. The zero-order valence-corrected chi connectivity index (χ0v) is 18.1. The molecule has 11 heteroatoms. The van der Waals surface area contributed by atoms with Gasteiger partial charge in [0, 0.05) is 29.1 Å². The minimum atomic E-state index is -1.95. The number of pyridine rings is 2. The molecule has 3 aliphatic heterocycles. The Labute approximate surface area is 192 Å². The molecule has 11 nitrogen and oxygen atoms in total. The first-order valence-electron chi connectivity index (χ1n) is 10.7. The number of carbonyl (C=O) groups is 2. The number of cyclic esters (lactones) is 1. The lowest BCUT2D eigenvalue weighted by atomic mass is 9.89. The Morgan fingerprint density at radius 3 is 2.74 bits per heavy atom. The van der Waals surface area contributed by atoms with E-state index >= 15 is 0 Å². The van der Waals surface area contributed by atoms with Gasteiger partial charge in [-0.1, -0.05) is 0 Å². The number of amides is 1. The Bertz CT molecular complexity index is 1490. The van der Waals surface area contributed by atoms with Crippen LogP contribution in [0.15, 0.2) is 23.0 Å². The number of hydrogen-bond acceptors (Lipinski definition) is 9. The minimum Gasteiger partial charge on any atom is -0.458 e. The first-order chi connectivity index (χ1) is 16.3. The van der Waals surface area contributed by atoms with Crippen LogP contribution in [0.2, 0.25) is 0 Å². The third-order valence-electron chi connectivity index (χ3n) is 6.57. The van der Waals surface area contributed by atoms with Gasteiger partial charge >= 0.3 is 5.97 Å². The average Bonchev–Trinajstić information content (AvgIpc) is 3.42. The molecule has 0 aliphatic carbocycles. The second-order valence-electron chi connectivity index (χ2n) is 8.58. The van der Waals surface area contributed by atoms with Gasteiger partial charge in [0.2, 0.25) is 12.7 Å². The van der Waals surface area contributed by atoms with Gasteiger partial charge in [-0.25, -0.2) is 9.78 Å². The number of benzene rings is 1. The largest absolute Gasteiger partial charge is 0.458 e. The molecule has 1 atom stereocenters. The number of nitrogens with one attached hydrogen (secondary N) is 1. The molecule has 1 amide bonds. The Hall–Kier alpha value is -3.96. The zero-order valence-electron chi connectivity index (χ0n) is 18.1. The summed E-state index contributed by atoms with van der Waals surface area (Å²) in [6.45, 7) is 1.40. The summed E-state index contributed by atoms with van der Waals surface area (Å²) in [6, 6.07) is 5.18. The van der Waals surface area contributed by atoms with Gasteiger partial charge in [-0.05, 0) is 24.6 Å². The van der Waals surface area contributed by atoms with Crippen LogP contribution in [-0.4, -0.2) is 39.9 Å². The van der Waals surface area contributed by atoms with Crippen LogP contribution in [0.1, 0.15) is 29.2 Å². The summed E-state index contributed by atoms with van der Waals surface area (Å²) in [6.07, 6.45) is 0. The van der Waals surface area contributed by atoms with Crippen LogP contribution in [0.5, 0.6) is 11.5 Å². The summed E-state index contributed by atoms with van der Waals surface area (Å²) in [7, 11) is 0. The van der Waals surface area contributed by atoms with Gasteiger partial charge in [-0.15, -0.1) is 0 Å². The predicted molar refractivity (Wildman–Crippen MR) is 117 cm³/mol. The lowest BCUT2D eigenvalue weighted by molar-refractivity contribution is -0.169. The monoisotopic (exact) mass is 464 g/mol. The van der Waals surface area contributed by atoms with Crippen LogP contribution >= 0.6 is 0 Å². The van der Waals surface area contributed by atoms with E-state index in [0.717, 1.165) is 16.5 Å². The molecule has 0 fully saturated rings. The summed E-state index contributed by atoms with van der Waals surface area (Å²) in [5, 5.41) is 14.3. The van der Waals surface area contributed by atoms with Gasteiger partial charge < -0.3 is 34.9 Å². The second-order valence-corrected chi connectivity index (χ2v) is 8.58. The fraction of sp³-hybridized carbons (Fsp3) is 0.304. The summed E-state index contributed by atoms with van der Waals surface area (Å²) in [5.41, 5.74) is 6.67. The molecule has 3 aromatic rings. The molecule has 0 spiro atoms. The van der Waals surface area contributed by atoms with Gasteiger partial charge in [0.05, 0.1) is 35.6 Å². The third kappa shape index (κ3) is 2.77. The van der Waals surface area contributed by atoms with Crippen molar-refractivity contribution in [1.82, 2.24) is 14.9 Å². The maximum absolute atomic E-state index is 13.4. The van der Waals surface area contributed by atoms with Crippen LogP contribution in [0.4, 0.5) is 0 Å². The number of hydrogen-bond donors (Lipinski definition) is 3. The minimum absolute atomic E-state index is 0.0974. The van der Waals surface area contributed by atoms with E-state index in [4.69, 9.17) is 24.9 Å². The molecule has 0 saturated heterocycles. The molecule has 34 heavy (non-hydrogen) atoms. The maximum Gasteiger partial charge on any atom is 0.342 e. The lowest BCUT2D eigenvalue weighted by Gasteiger charge is -2.29. The van der Waals surface area contributed by atoms with Crippen molar-refractivity contribution < 1.29 is 28.9 Å². The number of fused-ring (bicyclic) bond motifs is 6. The van der Waals surface area contributed by atoms with Gasteiger partial charge in [0.25, 0.3) is 5.56 Å². The molecule has 1 aromatic carbocycles. The maximum atomic E-state index is 13.4. The van der Waals surface area contributed by atoms with E-state index in [-0.39, 0.29) is 55.6 Å². The SMILES string of the molecule is C[C@@]1(O)C(=O)OCc2c1cc1n(c2=O)Cc2c-1nc1cc3c(cc1c2CNC(=O)CN)OCO3. The molecule has 2 aromatic heterocycles. The van der Waals surface area contributed by atoms with Crippen molar-refractivity contribution in [2.75, 3.05) is 13.3 Å². The van der Waals surface area contributed by atoms with Gasteiger partial charge in [-0.2, -0.15) is 0 Å². The molecule has 6 rings (SSSR count). The van der Waals surface area contributed by atoms with Crippen LogP contribution in [0.25, 0.3) is 22.3 Å². The number of esters is 1. The van der Waals surface area contributed by atoms with Gasteiger partial charge in [0.15, 0.2) is 17.1 Å². The molecule has 3 aliphatic rings. The summed E-state index contributed by atoms with van der Waals surface area (Å²) >= 11 is 0. The van der Waals surface area contributed by atoms with E-state index in [0.29, 0.717) is 28.4 Å². The van der Waals surface area contributed by atoms with Crippen LogP contribution in [-0.2, 0) is 39.6 Å². The molecule has 4 N–H and O–H groups in total. The Balaban J connectivity index is 1.60. The number of carbonyl (C=O) groups excluding carboxylic acids is 2.